The first-order chi connectivity index (χ1) is 6.35. The van der Waals surface area contributed by atoms with Gasteiger partial charge in [0, 0.05) is 5.41 Å². The Balaban J connectivity index is 4.76. The Kier molecular flexibility index (Phi) is 4.91. The third-order valence-electron chi connectivity index (χ3n) is 1.98. The SMILES string of the molecule is COC(=O)CC(C)(C)C(O[Si])=C(C)C. The Morgan fingerprint density at radius 3 is 2.14 bits per heavy atom. The molecule has 3 nitrogen and oxygen atoms in total. The fraction of sp³-hybridized carbons (Fsp3) is 0.700. The smallest absolute Gasteiger partial charge is 0.340 e. The maximum Gasteiger partial charge on any atom is 0.340 e. The highest BCUT2D eigenvalue weighted by Crippen LogP contribution is 2.32. The minimum absolute atomic E-state index is 0.238. The highest BCUT2D eigenvalue weighted by molar-refractivity contribution is 5.99. The second-order valence-electron chi connectivity index (χ2n) is 4.07. The highest BCUT2D eigenvalue weighted by Gasteiger charge is 2.28. The second kappa shape index (κ2) is 5.19. The largest absolute Gasteiger partial charge is 0.543 e. The van der Waals surface area contributed by atoms with E-state index in [0.29, 0.717) is 6.42 Å². The van der Waals surface area contributed by atoms with Crippen LogP contribution < -0.4 is 0 Å². The summed E-state index contributed by atoms with van der Waals surface area (Å²) in [6, 6.07) is 0. The number of ether oxygens (including phenoxy) is 1. The summed E-state index contributed by atoms with van der Waals surface area (Å²) in [5.41, 5.74) is 0.683. The van der Waals surface area contributed by atoms with Crippen molar-refractivity contribution in [2.24, 2.45) is 5.41 Å². The monoisotopic (exact) mass is 213 g/mol. The topological polar surface area (TPSA) is 35.5 Å². The van der Waals surface area contributed by atoms with E-state index in [9.17, 15) is 4.79 Å². The predicted octanol–water partition coefficient (Wildman–Crippen LogP) is 1.97. The molecular formula is C10H17O3Si. The molecule has 0 aliphatic heterocycles. The van der Waals surface area contributed by atoms with E-state index in [4.69, 9.17) is 4.43 Å². The van der Waals surface area contributed by atoms with E-state index in [1.54, 1.807) is 0 Å². The van der Waals surface area contributed by atoms with Gasteiger partial charge in [0.25, 0.3) is 0 Å². The zero-order chi connectivity index (χ0) is 11.4. The summed E-state index contributed by atoms with van der Waals surface area (Å²) in [5, 5.41) is 0. The van der Waals surface area contributed by atoms with E-state index >= 15 is 0 Å². The fourth-order valence-corrected chi connectivity index (χ4v) is 1.91. The van der Waals surface area contributed by atoms with Gasteiger partial charge in [-0.1, -0.05) is 13.8 Å². The average Bonchev–Trinajstić information content (AvgIpc) is 2.02. The Bertz CT molecular complexity index is 240. The van der Waals surface area contributed by atoms with E-state index in [-0.39, 0.29) is 11.4 Å². The van der Waals surface area contributed by atoms with Crippen LogP contribution in [-0.4, -0.2) is 23.6 Å². The molecule has 0 atom stereocenters. The van der Waals surface area contributed by atoms with Crippen LogP contribution in [0.15, 0.2) is 11.3 Å². The highest BCUT2D eigenvalue weighted by atomic mass is 28.2. The van der Waals surface area contributed by atoms with Crippen LogP contribution in [0.5, 0.6) is 0 Å². The number of carbonyl (C=O) groups excluding carboxylic acids is 1. The molecule has 0 amide bonds. The maximum atomic E-state index is 11.2. The third-order valence-corrected chi connectivity index (χ3v) is 2.19. The van der Waals surface area contributed by atoms with Gasteiger partial charge < -0.3 is 9.16 Å². The summed E-state index contributed by atoms with van der Waals surface area (Å²) >= 11 is 0. The van der Waals surface area contributed by atoms with E-state index in [2.05, 4.69) is 15.2 Å². The van der Waals surface area contributed by atoms with Gasteiger partial charge in [-0.05, 0) is 19.4 Å². The van der Waals surface area contributed by atoms with Gasteiger partial charge in [0.2, 0.25) is 0 Å². The number of allylic oxidation sites excluding steroid dienone is 2. The number of hydrogen-bond acceptors (Lipinski definition) is 3. The van der Waals surface area contributed by atoms with Gasteiger partial charge in [0.05, 0.1) is 19.3 Å². The molecule has 0 aromatic carbocycles. The molecule has 0 aliphatic rings. The van der Waals surface area contributed by atoms with E-state index < -0.39 is 0 Å². The van der Waals surface area contributed by atoms with Crippen LogP contribution in [0.4, 0.5) is 0 Å². The number of rotatable bonds is 4. The average molecular weight is 213 g/mol. The Morgan fingerprint density at radius 2 is 1.86 bits per heavy atom. The van der Waals surface area contributed by atoms with E-state index in [1.807, 2.05) is 27.7 Å². The van der Waals surface area contributed by atoms with E-state index in [1.165, 1.54) is 7.11 Å². The fourth-order valence-electron chi connectivity index (χ4n) is 1.43. The first-order valence-corrected chi connectivity index (χ1v) is 4.84. The maximum absolute atomic E-state index is 11.2. The van der Waals surface area contributed by atoms with Gasteiger partial charge >= 0.3 is 16.5 Å². The van der Waals surface area contributed by atoms with Crippen molar-refractivity contribution in [1.29, 1.82) is 0 Å². The molecule has 0 aromatic rings. The molecule has 0 aliphatic carbocycles. The van der Waals surface area contributed by atoms with Crippen molar-refractivity contribution in [3.63, 3.8) is 0 Å². The molecule has 14 heavy (non-hydrogen) atoms. The van der Waals surface area contributed by atoms with Crippen molar-refractivity contribution in [2.45, 2.75) is 34.1 Å². The molecule has 4 heteroatoms. The van der Waals surface area contributed by atoms with Crippen LogP contribution in [0.25, 0.3) is 0 Å². The molecule has 3 radical (unpaired) electrons. The molecule has 0 saturated heterocycles. The molecule has 0 saturated carbocycles. The molecule has 0 rings (SSSR count). The van der Waals surface area contributed by atoms with Crippen LogP contribution in [0.3, 0.4) is 0 Å². The van der Waals surface area contributed by atoms with Crippen LogP contribution in [-0.2, 0) is 14.0 Å². The number of methoxy groups -OCH3 is 1. The lowest BCUT2D eigenvalue weighted by Gasteiger charge is -2.27. The van der Waals surface area contributed by atoms with Crippen molar-refractivity contribution < 1.29 is 14.0 Å². The number of esters is 1. The number of carbonyl (C=O) groups is 1. The first kappa shape index (κ1) is 13.2. The zero-order valence-electron chi connectivity index (χ0n) is 9.43. The minimum Gasteiger partial charge on any atom is -0.543 e. The summed E-state index contributed by atoms with van der Waals surface area (Å²) in [5.74, 6) is 0.525. The standard InChI is InChI=1S/C10H17O3Si/c1-7(2)9(13-14)10(3,4)6-8(11)12-5/h6H2,1-5H3. The molecule has 79 valence electrons. The third kappa shape index (κ3) is 3.53. The summed E-state index contributed by atoms with van der Waals surface area (Å²) < 4.78 is 9.73. The molecule has 0 N–H and O–H groups in total. The molecule has 0 aromatic heterocycles. The molecule has 0 bridgehead atoms. The Hall–Kier alpha value is -0.773. The molecular weight excluding hydrogens is 196 g/mol. The summed E-state index contributed by atoms with van der Waals surface area (Å²) in [7, 11) is 4.39. The summed E-state index contributed by atoms with van der Waals surface area (Å²) in [6.07, 6.45) is 0.300. The first-order valence-electron chi connectivity index (χ1n) is 4.43. The van der Waals surface area contributed by atoms with Crippen LogP contribution in [0, 0.1) is 5.41 Å². The van der Waals surface area contributed by atoms with Gasteiger partial charge in [-0.15, -0.1) is 0 Å². The predicted molar refractivity (Wildman–Crippen MR) is 55.6 cm³/mol. The lowest BCUT2D eigenvalue weighted by molar-refractivity contribution is -0.142. The summed E-state index contributed by atoms with van der Waals surface area (Å²) in [4.78, 5) is 11.2. The molecule has 0 spiro atoms. The van der Waals surface area contributed by atoms with Gasteiger partial charge in [-0.2, -0.15) is 0 Å². The van der Waals surface area contributed by atoms with E-state index in [0.717, 1.165) is 11.3 Å². The second-order valence-corrected chi connectivity index (χ2v) is 4.27. The molecule has 0 fully saturated rings. The lowest BCUT2D eigenvalue weighted by atomic mass is 9.85. The van der Waals surface area contributed by atoms with Crippen molar-refractivity contribution in [3.8, 4) is 0 Å². The Morgan fingerprint density at radius 1 is 1.36 bits per heavy atom. The van der Waals surface area contributed by atoms with Gasteiger partial charge in [-0.3, -0.25) is 4.79 Å². The summed E-state index contributed by atoms with van der Waals surface area (Å²) in [6.45, 7) is 7.75. The van der Waals surface area contributed by atoms with Crippen LogP contribution in [0.2, 0.25) is 0 Å². The van der Waals surface area contributed by atoms with Crippen molar-refractivity contribution >= 4 is 16.5 Å². The van der Waals surface area contributed by atoms with Gasteiger partial charge in [-0.25, -0.2) is 0 Å². The van der Waals surface area contributed by atoms with Gasteiger partial charge in [0.15, 0.2) is 0 Å². The van der Waals surface area contributed by atoms with Crippen molar-refractivity contribution in [1.82, 2.24) is 0 Å². The van der Waals surface area contributed by atoms with Crippen LogP contribution in [0.1, 0.15) is 34.1 Å². The molecule has 0 unspecified atom stereocenters. The number of hydrogen-bond donors (Lipinski definition) is 0. The Labute approximate surface area is 89.0 Å². The minimum atomic E-state index is -0.353. The molecule has 0 heterocycles. The van der Waals surface area contributed by atoms with Crippen molar-refractivity contribution in [3.05, 3.63) is 11.3 Å². The van der Waals surface area contributed by atoms with Gasteiger partial charge in [0.1, 0.15) is 0 Å². The lowest BCUT2D eigenvalue weighted by Crippen LogP contribution is -2.22. The normalized spacial score (nSPS) is 10.7. The quantitative estimate of drug-likeness (QED) is 0.407. The zero-order valence-corrected chi connectivity index (χ0v) is 10.4. The van der Waals surface area contributed by atoms with Crippen LogP contribution >= 0.6 is 0 Å². The van der Waals surface area contributed by atoms with Crippen molar-refractivity contribution in [2.75, 3.05) is 7.11 Å².